The van der Waals surface area contributed by atoms with Gasteiger partial charge in [-0.1, -0.05) is 15.9 Å². The average Bonchev–Trinajstić information content (AvgIpc) is 3.26. The number of nitrogens with one attached hydrogen (secondary N) is 4. The summed E-state index contributed by atoms with van der Waals surface area (Å²) in [5.74, 6) is 0.357. The Kier molecular flexibility index (Phi) is 4.31. The predicted octanol–water partition coefficient (Wildman–Crippen LogP) is 0.563. The predicted molar refractivity (Wildman–Crippen MR) is 90.9 cm³/mol. The molecule has 0 bridgehead atoms. The highest BCUT2D eigenvalue weighted by Gasteiger charge is 2.47. The fourth-order valence-corrected chi connectivity index (χ4v) is 4.69. The van der Waals surface area contributed by atoms with Crippen molar-refractivity contribution in [2.75, 3.05) is 11.9 Å². The van der Waals surface area contributed by atoms with E-state index < -0.39 is 0 Å². The molecule has 4 rings (SSSR count). The highest BCUT2D eigenvalue weighted by Crippen LogP contribution is 2.36. The van der Waals surface area contributed by atoms with Crippen molar-refractivity contribution in [2.45, 2.75) is 42.7 Å². The number of fused-ring (bicyclic) bond motifs is 1. The zero-order chi connectivity index (χ0) is 16.7. The standard InChI is InChI=1S/C15H21BrN6O2/c16-9-1-2-10-11(6-9)20-21-13(10)22-7-8(5-12(22)23)14(24)19-15-17-3-4-18-15/h3-4,8-11,13,20-21H,1-2,5-7H2,(H2,17,18,19,24). The molecule has 2 aliphatic heterocycles. The summed E-state index contributed by atoms with van der Waals surface area (Å²) in [6.07, 6.45) is 6.70. The Morgan fingerprint density at radius 2 is 2.25 bits per heavy atom. The Labute approximate surface area is 148 Å². The molecular formula is C15H21BrN6O2. The van der Waals surface area contributed by atoms with Gasteiger partial charge in [-0.25, -0.2) is 10.4 Å². The summed E-state index contributed by atoms with van der Waals surface area (Å²) < 4.78 is 0. The number of carbonyl (C=O) groups excluding carboxylic acids is 2. The van der Waals surface area contributed by atoms with Crippen LogP contribution in [0.5, 0.6) is 0 Å². The number of imidazole rings is 1. The molecule has 5 unspecified atom stereocenters. The first-order valence-corrected chi connectivity index (χ1v) is 9.28. The van der Waals surface area contributed by atoms with Crippen LogP contribution in [0.2, 0.25) is 0 Å². The van der Waals surface area contributed by atoms with Gasteiger partial charge in [0.2, 0.25) is 17.8 Å². The van der Waals surface area contributed by atoms with Gasteiger partial charge in [0, 0.05) is 42.1 Å². The number of carbonyl (C=O) groups is 2. The molecule has 1 aliphatic carbocycles. The largest absolute Gasteiger partial charge is 0.331 e. The van der Waals surface area contributed by atoms with Gasteiger partial charge in [0.05, 0.1) is 12.1 Å². The van der Waals surface area contributed by atoms with Crippen LogP contribution in [0, 0.1) is 11.8 Å². The maximum Gasteiger partial charge on any atom is 0.232 e. The van der Waals surface area contributed by atoms with Gasteiger partial charge < -0.3 is 9.88 Å². The lowest BCUT2D eigenvalue weighted by Crippen LogP contribution is -2.48. The number of anilines is 1. The van der Waals surface area contributed by atoms with Gasteiger partial charge in [0.1, 0.15) is 0 Å². The number of aromatic amines is 1. The van der Waals surface area contributed by atoms with Gasteiger partial charge in [-0.3, -0.25) is 20.3 Å². The molecule has 3 fully saturated rings. The molecule has 3 heterocycles. The number of nitrogens with zero attached hydrogens (tertiary/aromatic N) is 2. The van der Waals surface area contributed by atoms with E-state index in [2.05, 4.69) is 42.1 Å². The van der Waals surface area contributed by atoms with E-state index >= 15 is 0 Å². The molecular weight excluding hydrogens is 376 g/mol. The number of halogens is 1. The number of hydrazine groups is 1. The Hall–Kier alpha value is -1.45. The maximum atomic E-state index is 12.5. The smallest absolute Gasteiger partial charge is 0.232 e. The Morgan fingerprint density at radius 3 is 3.04 bits per heavy atom. The van der Waals surface area contributed by atoms with Crippen LogP contribution in [0.15, 0.2) is 12.4 Å². The zero-order valence-electron chi connectivity index (χ0n) is 13.2. The van der Waals surface area contributed by atoms with Gasteiger partial charge in [-0.2, -0.15) is 0 Å². The second-order valence-corrected chi connectivity index (χ2v) is 8.08. The monoisotopic (exact) mass is 396 g/mol. The number of rotatable bonds is 3. The molecule has 5 atom stereocenters. The first kappa shape index (κ1) is 16.0. The molecule has 0 radical (unpaired) electrons. The molecule has 2 amide bonds. The lowest BCUT2D eigenvalue weighted by molar-refractivity contribution is -0.131. The molecule has 8 nitrogen and oxygen atoms in total. The fourth-order valence-electron chi connectivity index (χ4n) is 4.02. The van der Waals surface area contributed by atoms with Crippen molar-refractivity contribution in [2.24, 2.45) is 11.8 Å². The van der Waals surface area contributed by atoms with Crippen LogP contribution in [0.25, 0.3) is 0 Å². The summed E-state index contributed by atoms with van der Waals surface area (Å²) in [5.41, 5.74) is 6.61. The van der Waals surface area contributed by atoms with Gasteiger partial charge in [-0.05, 0) is 19.3 Å². The molecule has 130 valence electrons. The van der Waals surface area contributed by atoms with Crippen molar-refractivity contribution in [1.82, 2.24) is 25.7 Å². The van der Waals surface area contributed by atoms with Crippen LogP contribution in [0.4, 0.5) is 5.95 Å². The van der Waals surface area contributed by atoms with E-state index in [0.717, 1.165) is 19.3 Å². The maximum absolute atomic E-state index is 12.5. The van der Waals surface area contributed by atoms with Crippen molar-refractivity contribution < 1.29 is 9.59 Å². The summed E-state index contributed by atoms with van der Waals surface area (Å²) in [5, 5.41) is 2.73. The minimum Gasteiger partial charge on any atom is -0.331 e. The van der Waals surface area contributed by atoms with Gasteiger partial charge in [0.15, 0.2) is 0 Å². The molecule has 24 heavy (non-hydrogen) atoms. The fraction of sp³-hybridized carbons (Fsp3) is 0.667. The van der Waals surface area contributed by atoms with E-state index in [1.807, 2.05) is 4.90 Å². The second kappa shape index (κ2) is 6.45. The quantitative estimate of drug-likeness (QED) is 0.559. The van der Waals surface area contributed by atoms with Gasteiger partial charge >= 0.3 is 0 Å². The Balaban J connectivity index is 1.40. The number of H-pyrrole nitrogens is 1. The van der Waals surface area contributed by atoms with E-state index in [1.54, 1.807) is 12.4 Å². The molecule has 4 N–H and O–H groups in total. The third kappa shape index (κ3) is 2.96. The first-order chi connectivity index (χ1) is 11.6. The lowest BCUT2D eigenvalue weighted by Gasteiger charge is -2.34. The Morgan fingerprint density at radius 1 is 1.38 bits per heavy atom. The number of hydrogen-bond acceptors (Lipinski definition) is 5. The highest BCUT2D eigenvalue weighted by molar-refractivity contribution is 9.09. The summed E-state index contributed by atoms with van der Waals surface area (Å²) in [4.78, 5) is 34.0. The van der Waals surface area contributed by atoms with Crippen LogP contribution in [0.1, 0.15) is 25.7 Å². The van der Waals surface area contributed by atoms with Crippen LogP contribution < -0.4 is 16.2 Å². The van der Waals surface area contributed by atoms with Crippen LogP contribution >= 0.6 is 15.9 Å². The molecule has 2 saturated heterocycles. The molecule has 3 aliphatic rings. The average molecular weight is 397 g/mol. The Bertz CT molecular complexity index is 623. The number of alkyl halides is 1. The van der Waals surface area contributed by atoms with Crippen LogP contribution in [0.3, 0.4) is 0 Å². The minimum absolute atomic E-state index is 0.0242. The summed E-state index contributed by atoms with van der Waals surface area (Å²) in [7, 11) is 0. The molecule has 9 heteroatoms. The normalized spacial score (nSPS) is 36.0. The SMILES string of the molecule is O=C(Nc1ncc[nH]1)C1CC(=O)N(C2NNC3CC(Br)CCC32)C1. The number of amides is 2. The van der Waals surface area contributed by atoms with E-state index in [4.69, 9.17) is 0 Å². The summed E-state index contributed by atoms with van der Waals surface area (Å²) in [6, 6.07) is 0.372. The lowest BCUT2D eigenvalue weighted by atomic mass is 9.84. The number of likely N-dealkylation sites (tertiary alicyclic amines) is 1. The van der Waals surface area contributed by atoms with Crippen molar-refractivity contribution in [3.05, 3.63) is 12.4 Å². The number of hydrogen-bond donors (Lipinski definition) is 4. The van der Waals surface area contributed by atoms with Crippen molar-refractivity contribution >= 4 is 33.7 Å². The van der Waals surface area contributed by atoms with E-state index in [0.29, 0.717) is 29.3 Å². The molecule has 0 spiro atoms. The first-order valence-electron chi connectivity index (χ1n) is 8.36. The van der Waals surface area contributed by atoms with Crippen LogP contribution in [-0.2, 0) is 9.59 Å². The van der Waals surface area contributed by atoms with Gasteiger partial charge in [0.25, 0.3) is 0 Å². The van der Waals surface area contributed by atoms with E-state index in [9.17, 15) is 9.59 Å². The third-order valence-electron chi connectivity index (χ3n) is 5.27. The summed E-state index contributed by atoms with van der Waals surface area (Å²) >= 11 is 3.69. The molecule has 0 aromatic carbocycles. The van der Waals surface area contributed by atoms with Crippen molar-refractivity contribution in [3.8, 4) is 0 Å². The second-order valence-electron chi connectivity index (χ2n) is 6.79. The third-order valence-corrected chi connectivity index (χ3v) is 6.10. The van der Waals surface area contributed by atoms with E-state index in [1.165, 1.54) is 0 Å². The molecule has 1 aromatic rings. The zero-order valence-corrected chi connectivity index (χ0v) is 14.8. The van der Waals surface area contributed by atoms with Crippen LogP contribution in [-0.4, -0.2) is 50.3 Å². The topological polar surface area (TPSA) is 102 Å². The van der Waals surface area contributed by atoms with Gasteiger partial charge in [-0.15, -0.1) is 0 Å². The number of aromatic nitrogens is 2. The minimum atomic E-state index is -0.337. The van der Waals surface area contributed by atoms with Crippen molar-refractivity contribution in [1.29, 1.82) is 0 Å². The van der Waals surface area contributed by atoms with Crippen molar-refractivity contribution in [3.63, 3.8) is 0 Å². The summed E-state index contributed by atoms with van der Waals surface area (Å²) in [6.45, 7) is 0.450. The highest BCUT2D eigenvalue weighted by atomic mass is 79.9. The molecule has 1 saturated carbocycles. The van der Waals surface area contributed by atoms with E-state index in [-0.39, 0.29) is 30.3 Å². The molecule has 1 aromatic heterocycles.